The van der Waals surface area contributed by atoms with Gasteiger partial charge in [0.05, 0.1) is 25.7 Å². The summed E-state index contributed by atoms with van der Waals surface area (Å²) in [6.07, 6.45) is 1.55. The summed E-state index contributed by atoms with van der Waals surface area (Å²) in [7, 11) is 1.59. The molecule has 188 valence electrons. The summed E-state index contributed by atoms with van der Waals surface area (Å²) in [6.45, 7) is 4.32. The number of hydrogen-bond donors (Lipinski definition) is 0. The molecule has 37 heavy (non-hydrogen) atoms. The molecule has 8 heteroatoms. The van der Waals surface area contributed by atoms with Crippen molar-refractivity contribution in [3.8, 4) is 11.4 Å². The summed E-state index contributed by atoms with van der Waals surface area (Å²) < 4.78 is 24.1. The topological polar surface area (TPSA) is 71.1 Å². The van der Waals surface area contributed by atoms with Gasteiger partial charge in [0.25, 0.3) is 5.56 Å². The van der Waals surface area contributed by atoms with E-state index in [0.29, 0.717) is 23.9 Å². The fraction of sp³-hybridized carbons (Fsp3) is 0.207. The molecule has 0 unspecified atom stereocenters. The second kappa shape index (κ2) is 9.89. The fourth-order valence-electron chi connectivity index (χ4n) is 4.44. The first kappa shape index (κ1) is 24.2. The van der Waals surface area contributed by atoms with Gasteiger partial charge in [-0.15, -0.1) is 0 Å². The SMILES string of the molecule is COc1cccc(Cn2cnc3c2c(=O)n(Cc2ccccc2F)c(=O)n3-c2ccc(C(C)C)cc2)c1. The van der Waals surface area contributed by atoms with Gasteiger partial charge >= 0.3 is 5.69 Å². The Balaban J connectivity index is 1.73. The lowest BCUT2D eigenvalue weighted by Crippen LogP contribution is -2.40. The van der Waals surface area contributed by atoms with Crippen molar-refractivity contribution in [2.24, 2.45) is 0 Å². The van der Waals surface area contributed by atoms with Crippen LogP contribution in [-0.2, 0) is 13.1 Å². The van der Waals surface area contributed by atoms with E-state index in [1.807, 2.05) is 48.5 Å². The van der Waals surface area contributed by atoms with E-state index in [1.165, 1.54) is 10.6 Å². The molecule has 0 amide bonds. The molecule has 3 aromatic carbocycles. The van der Waals surface area contributed by atoms with Crippen molar-refractivity contribution in [2.45, 2.75) is 32.9 Å². The lowest BCUT2D eigenvalue weighted by Gasteiger charge is -2.14. The van der Waals surface area contributed by atoms with Gasteiger partial charge in [-0.3, -0.25) is 9.36 Å². The standard InChI is InChI=1S/C29H27FN4O3/c1-19(2)21-11-13-23(14-12-21)34-27-26(32(18-31-27)16-20-7-6-9-24(15-20)37-3)28(35)33(29(34)36)17-22-8-4-5-10-25(22)30/h4-15,18-19H,16-17H2,1-3H3. The number of benzene rings is 3. The molecular formula is C29H27FN4O3. The molecule has 0 atom stereocenters. The van der Waals surface area contributed by atoms with Crippen molar-refractivity contribution in [1.29, 1.82) is 0 Å². The van der Waals surface area contributed by atoms with E-state index < -0.39 is 17.1 Å². The van der Waals surface area contributed by atoms with Gasteiger partial charge in [0, 0.05) is 12.1 Å². The molecule has 5 rings (SSSR count). The monoisotopic (exact) mass is 498 g/mol. The Morgan fingerprint density at radius 2 is 1.70 bits per heavy atom. The minimum Gasteiger partial charge on any atom is -0.497 e. The molecular weight excluding hydrogens is 471 g/mol. The quantitative estimate of drug-likeness (QED) is 0.326. The Morgan fingerprint density at radius 1 is 0.946 bits per heavy atom. The average molecular weight is 499 g/mol. The number of hydrogen-bond acceptors (Lipinski definition) is 4. The highest BCUT2D eigenvalue weighted by molar-refractivity contribution is 5.72. The molecule has 0 saturated carbocycles. The van der Waals surface area contributed by atoms with Gasteiger partial charge in [-0.05, 0) is 47.4 Å². The molecule has 0 saturated heterocycles. The molecule has 0 fully saturated rings. The number of methoxy groups -OCH3 is 1. The van der Waals surface area contributed by atoms with Crippen molar-refractivity contribution < 1.29 is 9.13 Å². The Labute approximate surface area is 213 Å². The van der Waals surface area contributed by atoms with E-state index in [4.69, 9.17) is 4.74 Å². The number of aromatic nitrogens is 4. The van der Waals surface area contributed by atoms with Crippen LogP contribution in [-0.4, -0.2) is 25.8 Å². The maximum Gasteiger partial charge on any atom is 0.337 e. The predicted molar refractivity (Wildman–Crippen MR) is 141 cm³/mol. The molecule has 7 nitrogen and oxygen atoms in total. The van der Waals surface area contributed by atoms with Gasteiger partial charge in [0.15, 0.2) is 11.2 Å². The maximum absolute atomic E-state index is 14.5. The second-order valence-corrected chi connectivity index (χ2v) is 9.24. The lowest BCUT2D eigenvalue weighted by molar-refractivity contribution is 0.414. The Morgan fingerprint density at radius 3 is 2.41 bits per heavy atom. The highest BCUT2D eigenvalue weighted by Gasteiger charge is 2.20. The van der Waals surface area contributed by atoms with Gasteiger partial charge in [-0.2, -0.15) is 0 Å². The zero-order valence-corrected chi connectivity index (χ0v) is 20.9. The summed E-state index contributed by atoms with van der Waals surface area (Å²) in [5.74, 6) is 0.538. The van der Waals surface area contributed by atoms with E-state index >= 15 is 0 Å². The van der Waals surface area contributed by atoms with Gasteiger partial charge in [-0.1, -0.05) is 56.3 Å². The van der Waals surface area contributed by atoms with Crippen LogP contribution in [0.15, 0.2) is 88.7 Å². The van der Waals surface area contributed by atoms with E-state index in [1.54, 1.807) is 36.2 Å². The van der Waals surface area contributed by atoms with Crippen molar-refractivity contribution in [2.75, 3.05) is 7.11 Å². The number of fused-ring (bicyclic) bond motifs is 1. The summed E-state index contributed by atoms with van der Waals surface area (Å²) in [4.78, 5) is 31.9. The first-order valence-corrected chi connectivity index (χ1v) is 12.0. The van der Waals surface area contributed by atoms with E-state index in [9.17, 15) is 14.0 Å². The van der Waals surface area contributed by atoms with Crippen LogP contribution in [0.4, 0.5) is 4.39 Å². The summed E-state index contributed by atoms with van der Waals surface area (Å²) in [5.41, 5.74) is 2.25. The number of ether oxygens (including phenoxy) is 1. The normalized spacial score (nSPS) is 11.4. The zero-order valence-electron chi connectivity index (χ0n) is 20.9. The summed E-state index contributed by atoms with van der Waals surface area (Å²) in [6, 6.07) is 21.2. The summed E-state index contributed by atoms with van der Waals surface area (Å²) in [5, 5.41) is 0. The van der Waals surface area contributed by atoms with E-state index in [0.717, 1.165) is 15.7 Å². The highest BCUT2D eigenvalue weighted by Crippen LogP contribution is 2.20. The van der Waals surface area contributed by atoms with Crippen molar-refractivity contribution in [1.82, 2.24) is 18.7 Å². The van der Waals surface area contributed by atoms with Gasteiger partial charge in [0.1, 0.15) is 11.6 Å². The second-order valence-electron chi connectivity index (χ2n) is 9.24. The first-order chi connectivity index (χ1) is 17.9. The molecule has 2 heterocycles. The van der Waals surface area contributed by atoms with Crippen molar-refractivity contribution in [3.05, 3.63) is 122 Å². The van der Waals surface area contributed by atoms with Crippen molar-refractivity contribution in [3.63, 3.8) is 0 Å². The Hall–Kier alpha value is -4.46. The highest BCUT2D eigenvalue weighted by atomic mass is 19.1. The molecule has 0 N–H and O–H groups in total. The van der Waals surface area contributed by atoms with Crippen molar-refractivity contribution >= 4 is 11.2 Å². The molecule has 0 aliphatic rings. The molecule has 2 aromatic heterocycles. The third-order valence-corrected chi connectivity index (χ3v) is 6.49. The number of halogens is 1. The number of imidazole rings is 1. The number of nitrogens with zero attached hydrogens (tertiary/aromatic N) is 4. The maximum atomic E-state index is 14.5. The third-order valence-electron chi connectivity index (χ3n) is 6.49. The largest absolute Gasteiger partial charge is 0.497 e. The molecule has 0 aliphatic carbocycles. The Kier molecular flexibility index (Phi) is 6.48. The minimum atomic E-state index is -0.579. The Bertz CT molecular complexity index is 1700. The zero-order chi connectivity index (χ0) is 26.1. The van der Waals surface area contributed by atoms with Crippen LogP contribution in [0.5, 0.6) is 5.75 Å². The molecule has 5 aromatic rings. The predicted octanol–water partition coefficient (Wildman–Crippen LogP) is 4.72. The van der Waals surface area contributed by atoms with Crippen LogP contribution in [0.25, 0.3) is 16.9 Å². The third kappa shape index (κ3) is 4.58. The van der Waals surface area contributed by atoms with Crippen LogP contribution < -0.4 is 16.0 Å². The first-order valence-electron chi connectivity index (χ1n) is 12.0. The van der Waals surface area contributed by atoms with E-state index in [2.05, 4.69) is 18.8 Å². The van der Waals surface area contributed by atoms with Crippen LogP contribution >= 0.6 is 0 Å². The molecule has 0 spiro atoms. The fourth-order valence-corrected chi connectivity index (χ4v) is 4.44. The van der Waals surface area contributed by atoms with Crippen LogP contribution in [0.1, 0.15) is 36.5 Å². The van der Waals surface area contributed by atoms with Gasteiger partial charge in [0.2, 0.25) is 0 Å². The van der Waals surface area contributed by atoms with Crippen LogP contribution in [0.2, 0.25) is 0 Å². The lowest BCUT2D eigenvalue weighted by atomic mass is 10.0. The van der Waals surface area contributed by atoms with Gasteiger partial charge < -0.3 is 9.30 Å². The molecule has 0 radical (unpaired) electrons. The minimum absolute atomic E-state index is 0.200. The number of rotatable bonds is 7. The average Bonchev–Trinajstić information content (AvgIpc) is 3.31. The van der Waals surface area contributed by atoms with Crippen LogP contribution in [0, 0.1) is 5.82 Å². The van der Waals surface area contributed by atoms with E-state index in [-0.39, 0.29) is 23.3 Å². The smallest absolute Gasteiger partial charge is 0.337 e. The van der Waals surface area contributed by atoms with Crippen LogP contribution in [0.3, 0.4) is 0 Å². The molecule has 0 bridgehead atoms. The summed E-state index contributed by atoms with van der Waals surface area (Å²) >= 11 is 0. The van der Waals surface area contributed by atoms with Gasteiger partial charge in [-0.25, -0.2) is 18.7 Å². The molecule has 0 aliphatic heterocycles.